The minimum atomic E-state index is -4.79. The first-order chi connectivity index (χ1) is 40.2. The van der Waals surface area contributed by atoms with E-state index < -0.39 is 57.8 Å². The van der Waals surface area contributed by atoms with E-state index in [2.05, 4.69) is 154 Å². The molecule has 0 amide bonds. The molecule has 12 heteroatoms. The summed E-state index contributed by atoms with van der Waals surface area (Å²) in [6.07, 6.45) is 80.9. The predicted molar refractivity (Wildman–Crippen MR) is 343 cm³/mol. The first-order valence-electron chi connectivity index (χ1n) is 31.7. The number of esters is 3. The number of phosphoric acid groups is 1. The molecule has 0 aliphatic heterocycles. The number of unbranched alkanes of at least 4 members (excludes halogenated alkanes) is 16. The lowest BCUT2D eigenvalue weighted by Gasteiger charge is -2.21. The van der Waals surface area contributed by atoms with Crippen molar-refractivity contribution in [1.29, 1.82) is 0 Å². The van der Waals surface area contributed by atoms with Crippen molar-refractivity contribution >= 4 is 25.7 Å². The molecule has 464 valence electrons. The van der Waals surface area contributed by atoms with E-state index in [9.17, 15) is 28.9 Å². The summed E-state index contributed by atoms with van der Waals surface area (Å²) in [6.45, 7) is 4.28. The van der Waals surface area contributed by atoms with Crippen molar-refractivity contribution in [3.05, 3.63) is 146 Å². The van der Waals surface area contributed by atoms with Crippen LogP contribution in [0.4, 0.5) is 0 Å². The molecule has 0 bridgehead atoms. The molecule has 0 spiro atoms. The maximum atomic E-state index is 13.0. The second-order valence-electron chi connectivity index (χ2n) is 20.5. The number of aliphatic hydroxyl groups excluding tert-OH is 1. The summed E-state index contributed by atoms with van der Waals surface area (Å²) in [5, 5.41) is 9.85. The summed E-state index contributed by atoms with van der Waals surface area (Å²) < 4.78 is 39.6. The van der Waals surface area contributed by atoms with Crippen LogP contribution >= 0.6 is 7.82 Å². The summed E-state index contributed by atoms with van der Waals surface area (Å²) in [7, 11) is -4.79. The van der Waals surface area contributed by atoms with Crippen LogP contribution < -0.4 is 0 Å². The molecule has 2 N–H and O–H groups in total. The second kappa shape index (κ2) is 62.4. The van der Waals surface area contributed by atoms with Crippen LogP contribution in [0.25, 0.3) is 0 Å². The van der Waals surface area contributed by atoms with E-state index in [-0.39, 0.29) is 25.9 Å². The van der Waals surface area contributed by atoms with Gasteiger partial charge in [-0.2, -0.15) is 0 Å². The number of carbonyl (C=O) groups excluding carboxylic acids is 3. The van der Waals surface area contributed by atoms with Crippen molar-refractivity contribution in [2.45, 2.75) is 251 Å². The Morgan fingerprint density at radius 1 is 0.354 bits per heavy atom. The average molecular weight is 1160 g/mol. The monoisotopic (exact) mass is 1160 g/mol. The van der Waals surface area contributed by atoms with Gasteiger partial charge < -0.3 is 24.2 Å². The fraction of sp³-hybridized carbons (Fsp3) is 0.614. The molecule has 0 heterocycles. The van der Waals surface area contributed by atoms with Crippen molar-refractivity contribution in [2.75, 3.05) is 26.4 Å². The van der Waals surface area contributed by atoms with Gasteiger partial charge in [0.05, 0.1) is 19.8 Å². The Morgan fingerprint density at radius 2 is 0.659 bits per heavy atom. The largest absolute Gasteiger partial charge is 0.472 e. The maximum Gasteiger partial charge on any atom is 0.472 e. The van der Waals surface area contributed by atoms with E-state index >= 15 is 0 Å². The van der Waals surface area contributed by atoms with E-state index in [0.29, 0.717) is 19.3 Å². The van der Waals surface area contributed by atoms with Gasteiger partial charge in [0.2, 0.25) is 0 Å². The summed E-state index contributed by atoms with van der Waals surface area (Å²) >= 11 is 0. The third-order valence-corrected chi connectivity index (χ3v) is 13.7. The molecular weight excluding hydrogens is 1050 g/mol. The third-order valence-electron chi connectivity index (χ3n) is 12.7. The Morgan fingerprint density at radius 3 is 1.02 bits per heavy atom. The van der Waals surface area contributed by atoms with Crippen LogP contribution in [0, 0.1) is 0 Å². The van der Waals surface area contributed by atoms with Crippen molar-refractivity contribution < 1.29 is 52.2 Å². The molecule has 0 aromatic carbocycles. The van der Waals surface area contributed by atoms with Gasteiger partial charge in [0.15, 0.2) is 6.10 Å². The molecule has 0 radical (unpaired) electrons. The number of hydrogen-bond acceptors (Lipinski definition) is 10. The molecule has 0 fully saturated rings. The highest BCUT2D eigenvalue weighted by Gasteiger charge is 2.28. The summed E-state index contributed by atoms with van der Waals surface area (Å²) in [6, 6.07) is 0. The number of ether oxygens (including phenoxy) is 3. The first-order valence-corrected chi connectivity index (χ1v) is 33.2. The van der Waals surface area contributed by atoms with Crippen LogP contribution in [-0.2, 0) is 42.2 Å². The van der Waals surface area contributed by atoms with E-state index in [0.717, 1.165) is 128 Å². The molecular formula is C70H113O11P. The maximum absolute atomic E-state index is 13.0. The van der Waals surface area contributed by atoms with Gasteiger partial charge in [-0.1, -0.05) is 237 Å². The lowest BCUT2D eigenvalue weighted by molar-refractivity contribution is -0.161. The molecule has 3 unspecified atom stereocenters. The van der Waals surface area contributed by atoms with E-state index in [1.54, 1.807) is 0 Å². The van der Waals surface area contributed by atoms with Gasteiger partial charge in [-0.3, -0.25) is 23.4 Å². The van der Waals surface area contributed by atoms with Crippen LogP contribution in [0.15, 0.2) is 146 Å². The molecule has 0 aliphatic carbocycles. The van der Waals surface area contributed by atoms with Gasteiger partial charge in [-0.15, -0.1) is 0 Å². The molecule has 0 aromatic heterocycles. The standard InChI is InChI=1S/C70H113O11P/c1-4-7-10-13-16-19-22-25-28-31-33-36-38-41-44-47-50-53-56-59-68(72)77-63-67(81-70(74)61-58-55-52-49-46-43-40-37-34-32-29-26-23-20-17-14-11-8-5-2)65-79-82(75,76)78-64-66(62-71)80-69(73)60-57-54-51-48-45-42-39-35-30-27-24-21-18-15-12-9-6-3/h7,9-10,12,16-21,25-30,33,36,39,41-42,44,50,53,66-67,71H,4-6,8,11,13-15,22-24,31-32,34-35,37-38,40,43,45-49,51-52,54-65H2,1-3H3,(H,75,76)/b10-7-,12-9-,19-16-,20-17-,21-18-,28-25-,29-26-,30-27-,36-33-,42-39-,44-41-,53-50-. The van der Waals surface area contributed by atoms with Crippen LogP contribution in [0.2, 0.25) is 0 Å². The fourth-order valence-electron chi connectivity index (χ4n) is 7.99. The lowest BCUT2D eigenvalue weighted by Crippen LogP contribution is -2.30. The predicted octanol–water partition coefficient (Wildman–Crippen LogP) is 19.5. The van der Waals surface area contributed by atoms with Gasteiger partial charge in [0.1, 0.15) is 12.7 Å². The minimum Gasteiger partial charge on any atom is -0.462 e. The molecule has 0 saturated heterocycles. The number of carbonyl (C=O) groups is 3. The van der Waals surface area contributed by atoms with E-state index in [1.165, 1.54) is 51.4 Å². The van der Waals surface area contributed by atoms with Gasteiger partial charge in [0, 0.05) is 19.3 Å². The number of phosphoric ester groups is 1. The SMILES string of the molecule is CC/C=C\C/C=C\C/C=C\C/C=C\C/C=C\C/C=C\CCC(=O)OCC(COP(=O)(O)OCC(CO)OC(=O)CCCCCC/C=C\C/C=C\C/C=C\C/C=C\CC)OC(=O)CCCCCCCCCCC/C=C\C/C=C\CCCCC. The van der Waals surface area contributed by atoms with Crippen molar-refractivity contribution in [3.8, 4) is 0 Å². The first kappa shape index (κ1) is 77.4. The quantitative estimate of drug-likeness (QED) is 0.0197. The highest BCUT2D eigenvalue weighted by molar-refractivity contribution is 7.47. The van der Waals surface area contributed by atoms with Gasteiger partial charge in [0.25, 0.3) is 0 Å². The molecule has 0 aromatic rings. The average Bonchev–Trinajstić information content (AvgIpc) is 3.47. The van der Waals surface area contributed by atoms with E-state index in [4.69, 9.17) is 23.3 Å². The Balaban J connectivity index is 4.86. The zero-order chi connectivity index (χ0) is 59.8. The summed E-state index contributed by atoms with van der Waals surface area (Å²) in [5.74, 6) is -1.61. The second-order valence-corrected chi connectivity index (χ2v) is 21.9. The topological polar surface area (TPSA) is 155 Å². The number of rotatable bonds is 57. The van der Waals surface area contributed by atoms with Crippen molar-refractivity contribution in [1.82, 2.24) is 0 Å². The zero-order valence-electron chi connectivity index (χ0n) is 51.4. The van der Waals surface area contributed by atoms with Crippen LogP contribution in [0.1, 0.15) is 239 Å². The van der Waals surface area contributed by atoms with Crippen LogP contribution in [0.5, 0.6) is 0 Å². The molecule has 11 nitrogen and oxygen atoms in total. The van der Waals surface area contributed by atoms with Gasteiger partial charge >= 0.3 is 25.7 Å². The smallest absolute Gasteiger partial charge is 0.462 e. The lowest BCUT2D eigenvalue weighted by atomic mass is 10.1. The summed E-state index contributed by atoms with van der Waals surface area (Å²) in [4.78, 5) is 48.7. The van der Waals surface area contributed by atoms with Gasteiger partial charge in [-0.25, -0.2) is 4.57 Å². The van der Waals surface area contributed by atoms with Crippen molar-refractivity contribution in [3.63, 3.8) is 0 Å². The fourth-order valence-corrected chi connectivity index (χ4v) is 8.77. The zero-order valence-corrected chi connectivity index (χ0v) is 52.3. The number of aliphatic hydroxyl groups is 1. The Bertz CT molecular complexity index is 1930. The number of hydrogen-bond donors (Lipinski definition) is 2. The normalized spacial score (nSPS) is 14.3. The highest BCUT2D eigenvalue weighted by Crippen LogP contribution is 2.43. The van der Waals surface area contributed by atoms with Gasteiger partial charge in [-0.05, 0) is 128 Å². The van der Waals surface area contributed by atoms with Crippen LogP contribution in [0.3, 0.4) is 0 Å². The molecule has 0 aliphatic rings. The summed E-state index contributed by atoms with van der Waals surface area (Å²) in [5.41, 5.74) is 0. The number of allylic oxidation sites excluding steroid dienone is 24. The minimum absolute atomic E-state index is 0.0912. The molecule has 3 atom stereocenters. The van der Waals surface area contributed by atoms with E-state index in [1.807, 2.05) is 12.2 Å². The molecule has 82 heavy (non-hydrogen) atoms. The third kappa shape index (κ3) is 60.0. The Hall–Kier alpha value is -4.64. The molecule has 0 saturated carbocycles. The van der Waals surface area contributed by atoms with Crippen molar-refractivity contribution in [2.24, 2.45) is 0 Å². The highest BCUT2D eigenvalue weighted by atomic mass is 31.2. The van der Waals surface area contributed by atoms with Crippen LogP contribution in [-0.4, -0.2) is 66.5 Å². The molecule has 0 rings (SSSR count). The Labute approximate surface area is 499 Å². The Kier molecular flexibility index (Phi) is 58.9.